The minimum Gasteiger partial charge on any atom is -0.483 e. The third-order valence-corrected chi connectivity index (χ3v) is 6.65. The van der Waals surface area contributed by atoms with E-state index in [1.165, 1.54) is 34.3 Å². The number of ether oxygens (including phenoxy) is 2. The molecule has 0 aliphatic carbocycles. The van der Waals surface area contributed by atoms with Crippen molar-refractivity contribution < 1.29 is 27.4 Å². The summed E-state index contributed by atoms with van der Waals surface area (Å²) in [6.07, 6.45) is 2.52. The van der Waals surface area contributed by atoms with Crippen molar-refractivity contribution in [3.63, 3.8) is 0 Å². The van der Waals surface area contributed by atoms with Gasteiger partial charge in [-0.2, -0.15) is 10.2 Å². The number of anilines is 1. The Morgan fingerprint density at radius 3 is 2.62 bits per heavy atom. The monoisotopic (exact) mass is 543 g/mol. The molecule has 2 aliphatic heterocycles. The minimum absolute atomic E-state index is 0.0129. The molecule has 1 atom stereocenters. The fourth-order valence-electron chi connectivity index (χ4n) is 4.70. The molecule has 0 saturated carbocycles. The number of hydrogen-bond acceptors (Lipinski definition) is 7. The Morgan fingerprint density at radius 2 is 1.90 bits per heavy atom. The number of pyridine rings is 1. The zero-order chi connectivity index (χ0) is 27.7. The number of nitrogens with one attached hydrogen (secondary N) is 1. The quantitative estimate of drug-likeness (QED) is 0.433. The summed E-state index contributed by atoms with van der Waals surface area (Å²) in [6.45, 7) is 3.39. The number of hydrazone groups is 1. The lowest BCUT2D eigenvalue weighted by molar-refractivity contribution is 0.0256. The Hall–Kier alpha value is -4.13. The number of nitrogens with zero attached hydrogens (tertiary/aromatic N) is 6. The van der Waals surface area contributed by atoms with Gasteiger partial charge >= 0.3 is 6.03 Å². The van der Waals surface area contributed by atoms with Gasteiger partial charge in [0.05, 0.1) is 43.3 Å². The molecule has 0 radical (unpaired) electrons. The summed E-state index contributed by atoms with van der Waals surface area (Å²) >= 11 is 0. The molecule has 0 spiro atoms. The average molecular weight is 544 g/mol. The highest BCUT2D eigenvalue weighted by atomic mass is 19.1. The number of hydrogen-bond donors (Lipinski definition) is 1. The van der Waals surface area contributed by atoms with E-state index >= 15 is 0 Å². The van der Waals surface area contributed by atoms with Crippen molar-refractivity contribution in [2.75, 3.05) is 38.7 Å². The maximum atomic E-state index is 14.6. The van der Waals surface area contributed by atoms with E-state index in [1.807, 2.05) is 6.92 Å². The van der Waals surface area contributed by atoms with Crippen molar-refractivity contribution in [3.05, 3.63) is 59.0 Å². The van der Waals surface area contributed by atoms with Gasteiger partial charge < -0.3 is 19.7 Å². The zero-order valence-electron chi connectivity index (χ0n) is 21.7. The number of rotatable bonds is 8. The lowest BCUT2D eigenvalue weighted by Gasteiger charge is -2.41. The van der Waals surface area contributed by atoms with Crippen molar-refractivity contribution in [2.24, 2.45) is 12.1 Å². The summed E-state index contributed by atoms with van der Waals surface area (Å²) in [7, 11) is 3.39. The predicted octanol–water partition coefficient (Wildman–Crippen LogP) is 3.88. The van der Waals surface area contributed by atoms with E-state index in [9.17, 15) is 18.0 Å². The molecule has 1 N–H and O–H groups in total. The summed E-state index contributed by atoms with van der Waals surface area (Å²) < 4.78 is 54.7. The van der Waals surface area contributed by atoms with Gasteiger partial charge in [-0.25, -0.2) is 23.0 Å². The van der Waals surface area contributed by atoms with Crippen molar-refractivity contribution in [1.82, 2.24) is 24.7 Å². The third-order valence-electron chi connectivity index (χ3n) is 6.65. The number of benzene rings is 1. The SMILES string of the molecule is COCCNc1nn(C)c(-c2cc(OC3CN(C(=O)N4N=CCC4c4cc(F)cc(F)c4)C3)c(F)cn2)c1C. The molecule has 3 aromatic rings. The van der Waals surface area contributed by atoms with Crippen LogP contribution in [0.25, 0.3) is 11.4 Å². The number of halogens is 3. The smallest absolute Gasteiger partial charge is 0.341 e. The molecular formula is C26H28F3N7O3. The molecule has 2 amide bonds. The van der Waals surface area contributed by atoms with Crippen LogP contribution in [0.4, 0.5) is 23.8 Å². The first-order chi connectivity index (χ1) is 18.7. The number of carbonyl (C=O) groups is 1. The number of methoxy groups -OCH3 is 1. The average Bonchev–Trinajstić information content (AvgIpc) is 3.46. The highest BCUT2D eigenvalue weighted by Gasteiger charge is 2.39. The van der Waals surface area contributed by atoms with E-state index in [2.05, 4.69) is 20.5 Å². The first-order valence-electron chi connectivity index (χ1n) is 12.4. The largest absolute Gasteiger partial charge is 0.483 e. The molecule has 4 heterocycles. The molecule has 2 aromatic heterocycles. The van der Waals surface area contributed by atoms with Crippen LogP contribution >= 0.6 is 0 Å². The Bertz CT molecular complexity index is 1390. The highest BCUT2D eigenvalue weighted by Crippen LogP contribution is 2.33. The number of aromatic nitrogens is 3. The standard InChI is InChI=1S/C26H28F3N7O3/c1-15-24(34(2)33-25(15)30-6-7-38-3)21-11-23(20(29)12-31-21)39-19-13-35(14-19)26(37)36-22(4-5-32-36)16-8-17(27)10-18(28)9-16/h5,8-12,19,22H,4,6-7,13-14H2,1-3H3,(H,30,33). The first-order valence-corrected chi connectivity index (χ1v) is 12.4. The summed E-state index contributed by atoms with van der Waals surface area (Å²) in [5.41, 5.74) is 2.36. The van der Waals surface area contributed by atoms with Crippen molar-refractivity contribution >= 4 is 18.1 Å². The van der Waals surface area contributed by atoms with Gasteiger partial charge in [-0.1, -0.05) is 0 Å². The Kier molecular flexibility index (Phi) is 7.42. The molecule has 206 valence electrons. The molecule has 1 aromatic carbocycles. The molecule has 1 fully saturated rings. The third kappa shape index (κ3) is 5.39. The van der Waals surface area contributed by atoms with Crippen molar-refractivity contribution in [2.45, 2.75) is 25.5 Å². The van der Waals surface area contributed by atoms with E-state index in [1.54, 1.807) is 18.8 Å². The first kappa shape index (κ1) is 26.5. The van der Waals surface area contributed by atoms with Crippen LogP contribution in [-0.2, 0) is 11.8 Å². The second-order valence-corrected chi connectivity index (χ2v) is 9.39. The second-order valence-electron chi connectivity index (χ2n) is 9.39. The molecule has 39 heavy (non-hydrogen) atoms. The molecule has 0 bridgehead atoms. The van der Waals surface area contributed by atoms with Crippen LogP contribution in [0, 0.1) is 24.4 Å². The number of carbonyl (C=O) groups excluding carboxylic acids is 1. The van der Waals surface area contributed by atoms with Crippen LogP contribution in [0.3, 0.4) is 0 Å². The van der Waals surface area contributed by atoms with E-state index in [0.29, 0.717) is 42.3 Å². The minimum atomic E-state index is -0.722. The molecule has 1 unspecified atom stereocenters. The van der Waals surface area contributed by atoms with E-state index < -0.39 is 35.6 Å². The van der Waals surface area contributed by atoms with Gasteiger partial charge in [-0.3, -0.25) is 9.67 Å². The topological polar surface area (TPSA) is 97.1 Å². The lowest BCUT2D eigenvalue weighted by atomic mass is 10.0. The Labute approximate surface area is 223 Å². The van der Waals surface area contributed by atoms with Gasteiger partial charge in [-0.05, 0) is 24.6 Å². The Balaban J connectivity index is 1.24. The normalized spacial score (nSPS) is 17.0. The molecular weight excluding hydrogens is 515 g/mol. The highest BCUT2D eigenvalue weighted by molar-refractivity contribution is 5.79. The predicted molar refractivity (Wildman–Crippen MR) is 137 cm³/mol. The fraction of sp³-hybridized carbons (Fsp3) is 0.385. The van der Waals surface area contributed by atoms with Crippen LogP contribution in [0.1, 0.15) is 23.6 Å². The van der Waals surface area contributed by atoms with Crippen LogP contribution < -0.4 is 10.1 Å². The maximum Gasteiger partial charge on any atom is 0.341 e. The van der Waals surface area contributed by atoms with Gasteiger partial charge in [0.2, 0.25) is 0 Å². The van der Waals surface area contributed by atoms with E-state index in [-0.39, 0.29) is 18.8 Å². The number of amides is 2. The molecule has 2 aliphatic rings. The molecule has 13 heteroatoms. The van der Waals surface area contributed by atoms with E-state index in [0.717, 1.165) is 17.8 Å². The number of aryl methyl sites for hydroxylation is 1. The van der Waals surface area contributed by atoms with Gasteiger partial charge in [0.25, 0.3) is 0 Å². The molecule has 5 rings (SSSR count). The maximum absolute atomic E-state index is 14.6. The van der Waals surface area contributed by atoms with Gasteiger partial charge in [0.15, 0.2) is 17.4 Å². The van der Waals surface area contributed by atoms with E-state index in [4.69, 9.17) is 9.47 Å². The summed E-state index contributed by atoms with van der Waals surface area (Å²) in [4.78, 5) is 18.8. The van der Waals surface area contributed by atoms with Gasteiger partial charge in [-0.15, -0.1) is 0 Å². The fourth-order valence-corrected chi connectivity index (χ4v) is 4.70. The summed E-state index contributed by atoms with van der Waals surface area (Å²) in [5, 5.41) is 13.0. The van der Waals surface area contributed by atoms with Crippen molar-refractivity contribution in [1.29, 1.82) is 0 Å². The Morgan fingerprint density at radius 1 is 1.15 bits per heavy atom. The number of urea groups is 1. The van der Waals surface area contributed by atoms with Gasteiger partial charge in [0, 0.05) is 51.0 Å². The van der Waals surface area contributed by atoms with Crippen LogP contribution in [0.5, 0.6) is 5.75 Å². The molecule has 10 nitrogen and oxygen atoms in total. The molecule has 1 saturated heterocycles. The summed E-state index contributed by atoms with van der Waals surface area (Å²) in [5.74, 6) is -1.38. The zero-order valence-corrected chi connectivity index (χ0v) is 21.7. The van der Waals surface area contributed by atoms with Gasteiger partial charge in [0.1, 0.15) is 17.7 Å². The van der Waals surface area contributed by atoms with Crippen LogP contribution in [-0.4, -0.2) is 76.4 Å². The summed E-state index contributed by atoms with van der Waals surface area (Å²) in [6, 6.07) is 3.64. The lowest BCUT2D eigenvalue weighted by Crippen LogP contribution is -2.58. The van der Waals surface area contributed by atoms with Crippen molar-refractivity contribution in [3.8, 4) is 17.1 Å². The second kappa shape index (κ2) is 10.9. The van der Waals surface area contributed by atoms with Crippen LogP contribution in [0.15, 0.2) is 35.6 Å². The van der Waals surface area contributed by atoms with Crippen LogP contribution in [0.2, 0.25) is 0 Å². The number of likely N-dealkylation sites (tertiary alicyclic amines) is 1.